The van der Waals surface area contributed by atoms with E-state index in [-0.39, 0.29) is 5.60 Å². The lowest BCUT2D eigenvalue weighted by Gasteiger charge is -2.17. The summed E-state index contributed by atoms with van der Waals surface area (Å²) in [6.07, 6.45) is 3.35. The van der Waals surface area contributed by atoms with Crippen molar-refractivity contribution < 1.29 is 4.74 Å². The SMILES string of the molecule is COC1(c2cccc(C(C)CCN)c2)CC1. The predicted octanol–water partition coefficient (Wildman–Crippen LogP) is 2.77. The molecular weight excluding hydrogens is 198 g/mol. The van der Waals surface area contributed by atoms with Crippen molar-refractivity contribution in [3.63, 3.8) is 0 Å². The normalized spacial score (nSPS) is 19.4. The van der Waals surface area contributed by atoms with Crippen LogP contribution in [-0.2, 0) is 10.3 Å². The van der Waals surface area contributed by atoms with E-state index in [0.717, 1.165) is 25.8 Å². The molecule has 0 aliphatic heterocycles. The Morgan fingerprint density at radius 2 is 2.19 bits per heavy atom. The van der Waals surface area contributed by atoms with Crippen molar-refractivity contribution in [3.8, 4) is 0 Å². The summed E-state index contributed by atoms with van der Waals surface area (Å²) in [7, 11) is 1.81. The van der Waals surface area contributed by atoms with Crippen LogP contribution in [-0.4, -0.2) is 13.7 Å². The molecule has 1 saturated carbocycles. The van der Waals surface area contributed by atoms with Crippen molar-refractivity contribution in [2.75, 3.05) is 13.7 Å². The highest BCUT2D eigenvalue weighted by Gasteiger charge is 2.44. The molecule has 1 aromatic rings. The Hall–Kier alpha value is -0.860. The number of methoxy groups -OCH3 is 1. The lowest BCUT2D eigenvalue weighted by atomic mass is 9.94. The molecule has 2 rings (SSSR count). The molecule has 1 unspecified atom stereocenters. The molecule has 2 N–H and O–H groups in total. The summed E-state index contributed by atoms with van der Waals surface area (Å²) in [5.74, 6) is 0.539. The number of hydrogen-bond acceptors (Lipinski definition) is 2. The summed E-state index contributed by atoms with van der Waals surface area (Å²) in [6.45, 7) is 2.99. The van der Waals surface area contributed by atoms with E-state index in [2.05, 4.69) is 31.2 Å². The predicted molar refractivity (Wildman–Crippen MR) is 66.4 cm³/mol. The summed E-state index contributed by atoms with van der Waals surface area (Å²) < 4.78 is 5.60. The van der Waals surface area contributed by atoms with Crippen LogP contribution in [0.25, 0.3) is 0 Å². The highest BCUT2D eigenvalue weighted by molar-refractivity contribution is 5.33. The van der Waals surface area contributed by atoms with Gasteiger partial charge in [-0.25, -0.2) is 0 Å². The molecule has 0 radical (unpaired) electrons. The molecule has 0 bridgehead atoms. The third-order valence-electron chi connectivity index (χ3n) is 3.68. The molecular formula is C14H21NO. The second kappa shape index (κ2) is 4.56. The van der Waals surface area contributed by atoms with Gasteiger partial charge < -0.3 is 10.5 Å². The third-order valence-corrected chi connectivity index (χ3v) is 3.68. The molecule has 0 heterocycles. The van der Waals surface area contributed by atoms with Gasteiger partial charge in [-0.05, 0) is 42.9 Å². The molecule has 0 saturated heterocycles. The fourth-order valence-electron chi connectivity index (χ4n) is 2.27. The van der Waals surface area contributed by atoms with Gasteiger partial charge in [0.25, 0.3) is 0 Å². The molecule has 0 amide bonds. The lowest BCUT2D eigenvalue weighted by Crippen LogP contribution is -2.10. The van der Waals surface area contributed by atoms with Crippen LogP contribution in [0.1, 0.15) is 43.2 Å². The van der Waals surface area contributed by atoms with Gasteiger partial charge in [-0.3, -0.25) is 0 Å². The van der Waals surface area contributed by atoms with Crippen molar-refractivity contribution in [2.45, 2.75) is 37.7 Å². The fourth-order valence-corrected chi connectivity index (χ4v) is 2.27. The molecule has 0 spiro atoms. The molecule has 2 heteroatoms. The topological polar surface area (TPSA) is 35.2 Å². The highest BCUT2D eigenvalue weighted by Crippen LogP contribution is 2.49. The molecule has 1 aromatic carbocycles. The van der Waals surface area contributed by atoms with E-state index in [1.807, 2.05) is 7.11 Å². The maximum absolute atomic E-state index is 5.60. The quantitative estimate of drug-likeness (QED) is 0.826. The van der Waals surface area contributed by atoms with Crippen molar-refractivity contribution in [3.05, 3.63) is 35.4 Å². The molecule has 1 aliphatic carbocycles. The second-order valence-corrected chi connectivity index (χ2v) is 4.80. The maximum atomic E-state index is 5.60. The zero-order valence-electron chi connectivity index (χ0n) is 10.2. The van der Waals surface area contributed by atoms with Crippen LogP contribution in [0.5, 0.6) is 0 Å². The van der Waals surface area contributed by atoms with Gasteiger partial charge in [-0.15, -0.1) is 0 Å². The van der Waals surface area contributed by atoms with E-state index in [0.29, 0.717) is 5.92 Å². The van der Waals surface area contributed by atoms with Gasteiger partial charge >= 0.3 is 0 Å². The van der Waals surface area contributed by atoms with Crippen LogP contribution in [0.4, 0.5) is 0 Å². The number of nitrogens with two attached hydrogens (primary N) is 1. The molecule has 1 aliphatic rings. The Morgan fingerprint density at radius 3 is 2.75 bits per heavy atom. The minimum atomic E-state index is 0.0262. The average molecular weight is 219 g/mol. The molecule has 2 nitrogen and oxygen atoms in total. The van der Waals surface area contributed by atoms with Crippen molar-refractivity contribution in [1.82, 2.24) is 0 Å². The first kappa shape index (κ1) is 11.6. The summed E-state index contributed by atoms with van der Waals surface area (Å²) in [5, 5.41) is 0. The number of hydrogen-bond donors (Lipinski definition) is 1. The number of benzene rings is 1. The third kappa shape index (κ3) is 2.13. The van der Waals surface area contributed by atoms with Crippen LogP contribution in [0.15, 0.2) is 24.3 Å². The standard InChI is InChI=1S/C14H21NO/c1-11(6-9-15)12-4-3-5-13(10-12)14(16-2)7-8-14/h3-5,10-11H,6-9,15H2,1-2H3. The molecule has 1 atom stereocenters. The van der Waals surface area contributed by atoms with Gasteiger partial charge in [0.15, 0.2) is 0 Å². The van der Waals surface area contributed by atoms with E-state index in [9.17, 15) is 0 Å². The summed E-state index contributed by atoms with van der Waals surface area (Å²) >= 11 is 0. The first-order valence-electron chi connectivity index (χ1n) is 6.07. The van der Waals surface area contributed by atoms with E-state index in [1.165, 1.54) is 11.1 Å². The number of ether oxygens (including phenoxy) is 1. The van der Waals surface area contributed by atoms with Crippen LogP contribution >= 0.6 is 0 Å². The largest absolute Gasteiger partial charge is 0.374 e. The van der Waals surface area contributed by atoms with Gasteiger partial charge in [0, 0.05) is 7.11 Å². The van der Waals surface area contributed by atoms with Gasteiger partial charge in [0.05, 0.1) is 5.60 Å². The Morgan fingerprint density at radius 1 is 1.44 bits per heavy atom. The zero-order valence-corrected chi connectivity index (χ0v) is 10.2. The Bertz CT molecular complexity index is 358. The monoisotopic (exact) mass is 219 g/mol. The van der Waals surface area contributed by atoms with Crippen molar-refractivity contribution >= 4 is 0 Å². The van der Waals surface area contributed by atoms with Crippen LogP contribution in [0, 0.1) is 0 Å². The van der Waals surface area contributed by atoms with Gasteiger partial charge in [0.2, 0.25) is 0 Å². The molecule has 0 aromatic heterocycles. The van der Waals surface area contributed by atoms with Crippen LogP contribution in [0.3, 0.4) is 0 Å². The van der Waals surface area contributed by atoms with Crippen LogP contribution < -0.4 is 5.73 Å². The maximum Gasteiger partial charge on any atom is 0.0930 e. The minimum absolute atomic E-state index is 0.0262. The Kier molecular flexibility index (Phi) is 3.31. The van der Waals surface area contributed by atoms with Crippen molar-refractivity contribution in [1.29, 1.82) is 0 Å². The van der Waals surface area contributed by atoms with E-state index in [4.69, 9.17) is 10.5 Å². The van der Waals surface area contributed by atoms with E-state index < -0.39 is 0 Å². The molecule has 88 valence electrons. The van der Waals surface area contributed by atoms with Crippen LogP contribution in [0.2, 0.25) is 0 Å². The molecule has 16 heavy (non-hydrogen) atoms. The van der Waals surface area contributed by atoms with Crippen molar-refractivity contribution in [2.24, 2.45) is 5.73 Å². The first-order valence-corrected chi connectivity index (χ1v) is 6.07. The first-order chi connectivity index (χ1) is 7.72. The highest BCUT2D eigenvalue weighted by atomic mass is 16.5. The van der Waals surface area contributed by atoms with E-state index in [1.54, 1.807) is 0 Å². The summed E-state index contributed by atoms with van der Waals surface area (Å²) in [4.78, 5) is 0. The van der Waals surface area contributed by atoms with Gasteiger partial charge in [-0.2, -0.15) is 0 Å². The summed E-state index contributed by atoms with van der Waals surface area (Å²) in [6, 6.07) is 8.79. The Labute approximate surface area is 97.8 Å². The van der Waals surface area contributed by atoms with Gasteiger partial charge in [0.1, 0.15) is 0 Å². The molecule has 1 fully saturated rings. The van der Waals surface area contributed by atoms with E-state index >= 15 is 0 Å². The minimum Gasteiger partial charge on any atom is -0.374 e. The smallest absolute Gasteiger partial charge is 0.0930 e. The average Bonchev–Trinajstić information content (AvgIpc) is 3.10. The summed E-state index contributed by atoms with van der Waals surface area (Å²) in [5.41, 5.74) is 8.34. The Balaban J connectivity index is 2.20. The van der Waals surface area contributed by atoms with Gasteiger partial charge in [-0.1, -0.05) is 31.2 Å². The fraction of sp³-hybridized carbons (Fsp3) is 0.571. The lowest BCUT2D eigenvalue weighted by molar-refractivity contribution is 0.0788. The zero-order chi connectivity index (χ0) is 11.6. The number of rotatable bonds is 5. The second-order valence-electron chi connectivity index (χ2n) is 4.80.